The van der Waals surface area contributed by atoms with E-state index in [9.17, 15) is 0 Å². The fraction of sp³-hybridized carbons (Fsp3) is 0.600. The van der Waals surface area contributed by atoms with E-state index in [1.54, 1.807) is 12.4 Å². The van der Waals surface area contributed by atoms with Gasteiger partial charge in [0.15, 0.2) is 6.29 Å². The number of nitrogens with zero attached hydrogens (tertiary/aromatic N) is 2. The van der Waals surface area contributed by atoms with E-state index in [0.29, 0.717) is 5.88 Å². The maximum Gasteiger partial charge on any atom is 0.213 e. The zero-order valence-corrected chi connectivity index (χ0v) is 11.8. The van der Waals surface area contributed by atoms with Gasteiger partial charge in [-0.1, -0.05) is 0 Å². The molecular formula is C15H22N2O3. The lowest BCUT2D eigenvalue weighted by atomic mass is 9.87. The molecule has 0 spiro atoms. The van der Waals surface area contributed by atoms with E-state index >= 15 is 0 Å². The Bertz CT molecular complexity index is 423. The Morgan fingerprint density at radius 3 is 2.65 bits per heavy atom. The van der Waals surface area contributed by atoms with Crippen molar-refractivity contribution in [1.29, 1.82) is 0 Å². The quantitative estimate of drug-likeness (QED) is 0.636. The van der Waals surface area contributed by atoms with Crippen molar-refractivity contribution in [2.45, 2.75) is 45.0 Å². The summed E-state index contributed by atoms with van der Waals surface area (Å²) >= 11 is 0. The van der Waals surface area contributed by atoms with Crippen molar-refractivity contribution >= 4 is 6.21 Å². The molecule has 2 N–H and O–H groups in total. The van der Waals surface area contributed by atoms with E-state index < -0.39 is 6.29 Å². The molecule has 1 heterocycles. The number of aromatic nitrogens is 1. The fourth-order valence-electron chi connectivity index (χ4n) is 2.41. The summed E-state index contributed by atoms with van der Waals surface area (Å²) in [7, 11) is 0. The average molecular weight is 278 g/mol. The van der Waals surface area contributed by atoms with Crippen molar-refractivity contribution in [2.75, 3.05) is 6.54 Å². The number of pyridine rings is 1. The van der Waals surface area contributed by atoms with Crippen LogP contribution in [0.3, 0.4) is 0 Å². The van der Waals surface area contributed by atoms with Crippen molar-refractivity contribution in [1.82, 2.24) is 4.98 Å². The van der Waals surface area contributed by atoms with Crippen molar-refractivity contribution in [3.63, 3.8) is 0 Å². The Labute approximate surface area is 119 Å². The molecule has 20 heavy (non-hydrogen) atoms. The molecule has 0 amide bonds. The van der Waals surface area contributed by atoms with E-state index in [1.807, 2.05) is 19.1 Å². The SMILES string of the molecule is CCN=Cc1ccc(OC2CCC(C(O)O)CC2)nc1. The number of aliphatic hydroxyl groups excluding tert-OH is 1. The van der Waals surface area contributed by atoms with Gasteiger partial charge in [-0.25, -0.2) is 4.98 Å². The number of rotatable bonds is 5. The van der Waals surface area contributed by atoms with Gasteiger partial charge in [0.1, 0.15) is 6.10 Å². The molecule has 0 unspecified atom stereocenters. The van der Waals surface area contributed by atoms with Crippen LogP contribution >= 0.6 is 0 Å². The fourth-order valence-corrected chi connectivity index (χ4v) is 2.41. The first-order valence-electron chi connectivity index (χ1n) is 7.17. The van der Waals surface area contributed by atoms with Crippen LogP contribution in [0.2, 0.25) is 0 Å². The molecule has 0 bridgehead atoms. The van der Waals surface area contributed by atoms with Crippen molar-refractivity contribution in [3.8, 4) is 5.88 Å². The van der Waals surface area contributed by atoms with Gasteiger partial charge >= 0.3 is 0 Å². The predicted molar refractivity (Wildman–Crippen MR) is 77.0 cm³/mol. The number of hydrogen-bond donors (Lipinski definition) is 2. The number of hydrogen-bond acceptors (Lipinski definition) is 5. The second-order valence-electron chi connectivity index (χ2n) is 5.13. The standard InChI is InChI=1S/C15H22N2O3/c1-2-16-9-11-3-8-14(17-10-11)20-13-6-4-12(5-7-13)15(18)19/h3,8-10,12-13,15,18-19H,2,4-7H2,1H3. The second kappa shape index (κ2) is 7.36. The minimum atomic E-state index is -1.20. The Hall–Kier alpha value is -1.46. The third-order valence-electron chi connectivity index (χ3n) is 3.61. The first-order valence-corrected chi connectivity index (χ1v) is 7.17. The highest BCUT2D eigenvalue weighted by molar-refractivity contribution is 5.79. The Morgan fingerprint density at radius 2 is 2.10 bits per heavy atom. The third-order valence-corrected chi connectivity index (χ3v) is 3.61. The van der Waals surface area contributed by atoms with Crippen LogP contribution in [0.15, 0.2) is 23.3 Å². The van der Waals surface area contributed by atoms with Crippen LogP contribution < -0.4 is 4.74 Å². The molecule has 1 aliphatic carbocycles. The molecular weight excluding hydrogens is 256 g/mol. The third kappa shape index (κ3) is 4.28. The largest absolute Gasteiger partial charge is 0.474 e. The van der Waals surface area contributed by atoms with Crippen LogP contribution in [-0.2, 0) is 0 Å². The highest BCUT2D eigenvalue weighted by atomic mass is 16.5. The van der Waals surface area contributed by atoms with Gasteiger partial charge in [-0.15, -0.1) is 0 Å². The van der Waals surface area contributed by atoms with Crippen LogP contribution in [0.1, 0.15) is 38.2 Å². The van der Waals surface area contributed by atoms with Crippen LogP contribution in [0, 0.1) is 5.92 Å². The smallest absolute Gasteiger partial charge is 0.213 e. The summed E-state index contributed by atoms with van der Waals surface area (Å²) in [4.78, 5) is 8.43. The summed E-state index contributed by atoms with van der Waals surface area (Å²) in [6, 6.07) is 3.79. The van der Waals surface area contributed by atoms with Crippen LogP contribution in [0.4, 0.5) is 0 Å². The van der Waals surface area contributed by atoms with Crippen molar-refractivity contribution in [3.05, 3.63) is 23.9 Å². The lowest BCUT2D eigenvalue weighted by Crippen LogP contribution is -2.30. The molecule has 0 radical (unpaired) electrons. The van der Waals surface area contributed by atoms with E-state index in [2.05, 4.69) is 9.98 Å². The molecule has 1 saturated carbocycles. The zero-order valence-electron chi connectivity index (χ0n) is 11.8. The van der Waals surface area contributed by atoms with Gasteiger partial charge in [-0.3, -0.25) is 4.99 Å². The molecule has 0 saturated heterocycles. The van der Waals surface area contributed by atoms with Gasteiger partial charge in [0.25, 0.3) is 0 Å². The van der Waals surface area contributed by atoms with Gasteiger partial charge in [0, 0.05) is 36.5 Å². The topological polar surface area (TPSA) is 74.9 Å². The van der Waals surface area contributed by atoms with Gasteiger partial charge in [0.2, 0.25) is 5.88 Å². The lowest BCUT2D eigenvalue weighted by molar-refractivity contribution is -0.0987. The summed E-state index contributed by atoms with van der Waals surface area (Å²) in [5.41, 5.74) is 0.964. The number of ether oxygens (including phenoxy) is 1. The Morgan fingerprint density at radius 1 is 1.35 bits per heavy atom. The molecule has 0 atom stereocenters. The van der Waals surface area contributed by atoms with Gasteiger partial charge in [-0.2, -0.15) is 0 Å². The minimum absolute atomic E-state index is 0.0181. The summed E-state index contributed by atoms with van der Waals surface area (Å²) in [5.74, 6) is 0.599. The van der Waals surface area contributed by atoms with Crippen LogP contribution in [0.5, 0.6) is 5.88 Å². The molecule has 0 aromatic carbocycles. The predicted octanol–water partition coefficient (Wildman–Crippen LogP) is 1.77. The summed E-state index contributed by atoms with van der Waals surface area (Å²) in [5, 5.41) is 18.3. The molecule has 2 rings (SSSR count). The molecule has 1 aromatic heterocycles. The van der Waals surface area contributed by atoms with Crippen LogP contribution in [-0.4, -0.2) is 40.4 Å². The van der Waals surface area contributed by atoms with E-state index in [-0.39, 0.29) is 12.0 Å². The Balaban J connectivity index is 1.84. The highest BCUT2D eigenvalue weighted by Crippen LogP contribution is 2.28. The molecule has 1 aliphatic rings. The minimum Gasteiger partial charge on any atom is -0.474 e. The van der Waals surface area contributed by atoms with Crippen molar-refractivity contribution < 1.29 is 14.9 Å². The second-order valence-corrected chi connectivity index (χ2v) is 5.13. The maximum absolute atomic E-state index is 9.14. The van der Waals surface area contributed by atoms with Gasteiger partial charge in [0.05, 0.1) is 0 Å². The summed E-state index contributed by atoms with van der Waals surface area (Å²) < 4.78 is 5.82. The molecule has 0 aliphatic heterocycles. The first-order chi connectivity index (χ1) is 9.69. The van der Waals surface area contributed by atoms with Gasteiger partial charge in [-0.05, 0) is 38.7 Å². The van der Waals surface area contributed by atoms with Crippen LogP contribution in [0.25, 0.3) is 0 Å². The number of aliphatic imine (C=N–C) groups is 1. The monoisotopic (exact) mass is 278 g/mol. The highest BCUT2D eigenvalue weighted by Gasteiger charge is 2.26. The zero-order chi connectivity index (χ0) is 14.4. The molecule has 5 heteroatoms. The summed E-state index contributed by atoms with van der Waals surface area (Å²) in [6.07, 6.45) is 5.69. The van der Waals surface area contributed by atoms with E-state index in [4.69, 9.17) is 14.9 Å². The normalized spacial score (nSPS) is 23.4. The molecule has 110 valence electrons. The molecule has 5 nitrogen and oxygen atoms in total. The Kier molecular flexibility index (Phi) is 5.49. The molecule has 1 fully saturated rings. The maximum atomic E-state index is 9.14. The molecule has 1 aromatic rings. The van der Waals surface area contributed by atoms with Crippen molar-refractivity contribution in [2.24, 2.45) is 10.9 Å². The van der Waals surface area contributed by atoms with E-state index in [1.165, 1.54) is 0 Å². The summed E-state index contributed by atoms with van der Waals surface area (Å²) in [6.45, 7) is 2.75. The number of aliphatic hydroxyl groups is 2. The first kappa shape index (κ1) is 14.9. The van der Waals surface area contributed by atoms with E-state index in [0.717, 1.165) is 37.8 Å². The average Bonchev–Trinajstić information content (AvgIpc) is 2.47. The van der Waals surface area contributed by atoms with Gasteiger partial charge < -0.3 is 14.9 Å². The lowest BCUT2D eigenvalue weighted by Gasteiger charge is -2.29.